The Balaban J connectivity index is 4.51. The highest BCUT2D eigenvalue weighted by atomic mass is 79.9. The van der Waals surface area contributed by atoms with E-state index in [1.54, 1.807) is 0 Å². The van der Waals surface area contributed by atoms with Gasteiger partial charge in [0.15, 0.2) is 0 Å². The van der Waals surface area contributed by atoms with Gasteiger partial charge >= 0.3 is 0 Å². The molecule has 0 saturated heterocycles. The minimum atomic E-state index is -3.07. The van der Waals surface area contributed by atoms with E-state index in [-0.39, 0.29) is 10.7 Å². The SMILES string of the molecule is CCCN(C(C)C)S(=O)(=O)CBr. The van der Waals surface area contributed by atoms with Gasteiger partial charge < -0.3 is 0 Å². The van der Waals surface area contributed by atoms with Crippen LogP contribution >= 0.6 is 15.9 Å². The number of hydrogen-bond acceptors (Lipinski definition) is 2. The summed E-state index contributed by atoms with van der Waals surface area (Å²) in [5.74, 6) is 0. The summed E-state index contributed by atoms with van der Waals surface area (Å²) in [5, 5.41) is 0. The Morgan fingerprint density at radius 3 is 2.17 bits per heavy atom. The second-order valence-electron chi connectivity index (χ2n) is 2.93. The van der Waals surface area contributed by atoms with Crippen molar-refractivity contribution in [2.75, 3.05) is 11.2 Å². The van der Waals surface area contributed by atoms with Crippen LogP contribution in [-0.4, -0.2) is 30.0 Å². The first-order valence-electron chi connectivity index (χ1n) is 4.01. The Labute approximate surface area is 83.3 Å². The third-order valence-corrected chi connectivity index (χ3v) is 4.85. The molecule has 0 aromatic carbocycles. The van der Waals surface area contributed by atoms with E-state index in [2.05, 4.69) is 15.9 Å². The molecule has 0 aromatic rings. The van der Waals surface area contributed by atoms with Crippen molar-refractivity contribution in [1.29, 1.82) is 0 Å². The lowest BCUT2D eigenvalue weighted by molar-refractivity contribution is 0.356. The molecule has 0 heterocycles. The maximum atomic E-state index is 11.4. The fourth-order valence-corrected chi connectivity index (χ4v) is 3.02. The molecule has 74 valence electrons. The number of nitrogens with zero attached hydrogens (tertiary/aromatic N) is 1. The maximum absolute atomic E-state index is 11.4. The molecule has 0 N–H and O–H groups in total. The number of halogens is 1. The van der Waals surface area contributed by atoms with Crippen LogP contribution in [0.2, 0.25) is 0 Å². The standard InChI is InChI=1S/C7H16BrNO2S/c1-4-5-9(7(2)3)12(10,11)6-8/h7H,4-6H2,1-3H3. The van der Waals surface area contributed by atoms with Crippen LogP contribution in [0, 0.1) is 0 Å². The van der Waals surface area contributed by atoms with E-state index in [1.807, 2.05) is 20.8 Å². The molecular formula is C7H16BrNO2S. The number of hydrogen-bond donors (Lipinski definition) is 0. The first kappa shape index (κ1) is 12.4. The predicted molar refractivity (Wildman–Crippen MR) is 54.8 cm³/mol. The summed E-state index contributed by atoms with van der Waals surface area (Å²) in [5.41, 5.74) is 0. The van der Waals surface area contributed by atoms with Crippen LogP contribution in [0.3, 0.4) is 0 Å². The molecular weight excluding hydrogens is 242 g/mol. The summed E-state index contributed by atoms with van der Waals surface area (Å²) >= 11 is 2.98. The van der Waals surface area contributed by atoms with Gasteiger partial charge in [-0.2, -0.15) is 4.31 Å². The van der Waals surface area contributed by atoms with Crippen LogP contribution in [0.25, 0.3) is 0 Å². The zero-order chi connectivity index (χ0) is 9.78. The third-order valence-electron chi connectivity index (χ3n) is 1.52. The zero-order valence-corrected chi connectivity index (χ0v) is 10.2. The fraction of sp³-hybridized carbons (Fsp3) is 1.00. The minimum absolute atomic E-state index is 0.0121. The van der Waals surface area contributed by atoms with Gasteiger partial charge in [0.05, 0.1) is 0 Å². The van der Waals surface area contributed by atoms with Crippen molar-refractivity contribution in [1.82, 2.24) is 4.31 Å². The van der Waals surface area contributed by atoms with Gasteiger partial charge in [0, 0.05) is 12.6 Å². The number of alkyl halides is 1. The smallest absolute Gasteiger partial charge is 0.211 e. The first-order valence-corrected chi connectivity index (χ1v) is 6.74. The highest BCUT2D eigenvalue weighted by molar-refractivity contribution is 9.10. The Morgan fingerprint density at radius 1 is 1.42 bits per heavy atom. The molecule has 0 unspecified atom stereocenters. The molecule has 0 aliphatic heterocycles. The van der Waals surface area contributed by atoms with E-state index in [0.29, 0.717) is 6.54 Å². The summed E-state index contributed by atoms with van der Waals surface area (Å²) in [6, 6.07) is 0.0486. The number of sulfonamides is 1. The normalized spacial score (nSPS) is 12.8. The van der Waals surface area contributed by atoms with Gasteiger partial charge in [-0.25, -0.2) is 8.42 Å². The monoisotopic (exact) mass is 257 g/mol. The van der Waals surface area contributed by atoms with Crippen molar-refractivity contribution in [2.45, 2.75) is 33.2 Å². The van der Waals surface area contributed by atoms with Gasteiger partial charge in [0.2, 0.25) is 10.0 Å². The van der Waals surface area contributed by atoms with Gasteiger partial charge in [0.1, 0.15) is 4.66 Å². The van der Waals surface area contributed by atoms with Gasteiger partial charge in [-0.05, 0) is 20.3 Å². The summed E-state index contributed by atoms with van der Waals surface area (Å²) in [7, 11) is -3.07. The Hall–Kier alpha value is 0.390. The Kier molecular flexibility index (Phi) is 5.36. The van der Waals surface area contributed by atoms with Gasteiger partial charge in [-0.15, -0.1) is 0 Å². The molecule has 5 heteroatoms. The zero-order valence-electron chi connectivity index (χ0n) is 7.75. The quantitative estimate of drug-likeness (QED) is 0.705. The van der Waals surface area contributed by atoms with Crippen molar-refractivity contribution < 1.29 is 8.42 Å². The summed E-state index contributed by atoms with van der Waals surface area (Å²) in [6.45, 7) is 6.34. The highest BCUT2D eigenvalue weighted by Gasteiger charge is 2.22. The molecule has 0 spiro atoms. The molecule has 0 rings (SSSR count). The van der Waals surface area contributed by atoms with Crippen molar-refractivity contribution in [3.63, 3.8) is 0 Å². The van der Waals surface area contributed by atoms with Gasteiger partial charge in [-0.3, -0.25) is 0 Å². The molecule has 0 amide bonds. The Morgan fingerprint density at radius 2 is 1.92 bits per heavy atom. The predicted octanol–water partition coefficient (Wildman–Crippen LogP) is 1.79. The van der Waals surface area contributed by atoms with E-state index < -0.39 is 10.0 Å². The molecule has 0 aliphatic rings. The highest BCUT2D eigenvalue weighted by Crippen LogP contribution is 2.10. The van der Waals surface area contributed by atoms with Crippen molar-refractivity contribution in [2.24, 2.45) is 0 Å². The van der Waals surface area contributed by atoms with Gasteiger partial charge in [-0.1, -0.05) is 22.9 Å². The molecule has 0 radical (unpaired) electrons. The largest absolute Gasteiger partial charge is 0.224 e. The van der Waals surface area contributed by atoms with Crippen LogP contribution in [0.15, 0.2) is 0 Å². The van der Waals surface area contributed by atoms with Crippen LogP contribution in [0.4, 0.5) is 0 Å². The van der Waals surface area contributed by atoms with Crippen molar-refractivity contribution >= 4 is 26.0 Å². The van der Waals surface area contributed by atoms with E-state index in [4.69, 9.17) is 0 Å². The Bertz CT molecular complexity index is 213. The first-order chi connectivity index (χ1) is 5.45. The lowest BCUT2D eigenvalue weighted by atomic mass is 10.4. The molecule has 0 aliphatic carbocycles. The van der Waals surface area contributed by atoms with E-state index in [9.17, 15) is 8.42 Å². The molecule has 0 aromatic heterocycles. The van der Waals surface area contributed by atoms with Crippen LogP contribution in [0.5, 0.6) is 0 Å². The lowest BCUT2D eigenvalue weighted by Crippen LogP contribution is -2.37. The van der Waals surface area contributed by atoms with Crippen LogP contribution in [0.1, 0.15) is 27.2 Å². The molecule has 0 atom stereocenters. The second-order valence-corrected chi connectivity index (χ2v) is 6.15. The van der Waals surface area contributed by atoms with Crippen LogP contribution in [-0.2, 0) is 10.0 Å². The maximum Gasteiger partial charge on any atom is 0.224 e. The van der Waals surface area contributed by atoms with E-state index >= 15 is 0 Å². The van der Waals surface area contributed by atoms with E-state index in [0.717, 1.165) is 6.42 Å². The summed E-state index contributed by atoms with van der Waals surface area (Å²) in [4.78, 5) is 0. The molecule has 0 saturated carbocycles. The van der Waals surface area contributed by atoms with E-state index in [1.165, 1.54) is 4.31 Å². The number of rotatable bonds is 5. The second kappa shape index (κ2) is 5.19. The fourth-order valence-electron chi connectivity index (χ4n) is 1.00. The summed E-state index contributed by atoms with van der Waals surface area (Å²) < 4.78 is 24.3. The average molecular weight is 258 g/mol. The minimum Gasteiger partial charge on any atom is -0.211 e. The van der Waals surface area contributed by atoms with Crippen molar-refractivity contribution in [3.05, 3.63) is 0 Å². The topological polar surface area (TPSA) is 37.4 Å². The molecule has 0 bridgehead atoms. The molecule has 0 fully saturated rings. The molecule has 3 nitrogen and oxygen atoms in total. The third kappa shape index (κ3) is 3.41. The van der Waals surface area contributed by atoms with Crippen molar-refractivity contribution in [3.8, 4) is 0 Å². The summed E-state index contributed by atoms with van der Waals surface area (Å²) in [6.07, 6.45) is 0.852. The molecule has 12 heavy (non-hydrogen) atoms. The average Bonchev–Trinajstić information content (AvgIpc) is 1.99. The van der Waals surface area contributed by atoms with Crippen LogP contribution < -0.4 is 0 Å². The lowest BCUT2D eigenvalue weighted by Gasteiger charge is -2.24. The van der Waals surface area contributed by atoms with Gasteiger partial charge in [0.25, 0.3) is 0 Å².